The van der Waals surface area contributed by atoms with Gasteiger partial charge in [0.15, 0.2) is 0 Å². The molecule has 0 bridgehead atoms. The highest BCUT2D eigenvalue weighted by Crippen LogP contribution is 2.15. The van der Waals surface area contributed by atoms with Gasteiger partial charge in [-0.25, -0.2) is 4.79 Å². The second kappa shape index (κ2) is 12.4. The summed E-state index contributed by atoms with van der Waals surface area (Å²) in [6.07, 6.45) is -5.08. The van der Waals surface area contributed by atoms with E-state index in [4.69, 9.17) is 9.90 Å². The highest BCUT2D eigenvalue weighted by molar-refractivity contribution is 9.10. The van der Waals surface area contributed by atoms with Crippen LogP contribution in [0.5, 0.6) is 0 Å². The Morgan fingerprint density at radius 2 is 1.55 bits per heavy atom. The molecule has 0 aliphatic carbocycles. The van der Waals surface area contributed by atoms with Crippen molar-refractivity contribution in [2.24, 2.45) is 0 Å². The third-order valence-electron chi connectivity index (χ3n) is 4.63. The van der Waals surface area contributed by atoms with Gasteiger partial charge in [0.25, 0.3) is 5.91 Å². The lowest BCUT2D eigenvalue weighted by molar-refractivity contribution is -0.192. The van der Waals surface area contributed by atoms with E-state index in [0.29, 0.717) is 25.2 Å². The molecule has 1 aliphatic rings. The number of carboxylic acid groups (broad SMARTS) is 1. The third-order valence-corrected chi connectivity index (χ3v) is 5.16. The summed E-state index contributed by atoms with van der Waals surface area (Å²) in [4.78, 5) is 38.0. The topological polar surface area (TPSA) is 90.0 Å². The monoisotopic (exact) mass is 529 g/mol. The molecule has 3 rings (SSSR count). The minimum Gasteiger partial charge on any atom is -0.475 e. The Labute approximate surface area is 197 Å². The van der Waals surface area contributed by atoms with Crippen molar-refractivity contribution in [2.75, 3.05) is 32.7 Å². The molecule has 7 nitrogen and oxygen atoms in total. The summed E-state index contributed by atoms with van der Waals surface area (Å²) in [5, 5.41) is 10.4. The van der Waals surface area contributed by atoms with Crippen molar-refractivity contribution in [2.45, 2.75) is 12.7 Å². The maximum atomic E-state index is 13.0. The van der Waals surface area contributed by atoms with E-state index in [1.165, 1.54) is 0 Å². The van der Waals surface area contributed by atoms with Crippen LogP contribution in [-0.2, 0) is 16.1 Å². The lowest BCUT2D eigenvalue weighted by Gasteiger charge is -2.30. The number of benzene rings is 2. The van der Waals surface area contributed by atoms with Gasteiger partial charge in [-0.1, -0.05) is 46.3 Å². The molecule has 0 atom stereocenters. The Morgan fingerprint density at radius 1 is 1.00 bits per heavy atom. The van der Waals surface area contributed by atoms with Crippen LogP contribution in [0.3, 0.4) is 0 Å². The average Bonchev–Trinajstić information content (AvgIpc) is 2.80. The van der Waals surface area contributed by atoms with Gasteiger partial charge in [-0.05, 0) is 29.8 Å². The number of halogens is 4. The van der Waals surface area contributed by atoms with E-state index < -0.39 is 12.1 Å². The van der Waals surface area contributed by atoms with Gasteiger partial charge in [-0.15, -0.1) is 0 Å². The number of nitrogens with one attached hydrogen (secondary N) is 1. The van der Waals surface area contributed by atoms with Crippen molar-refractivity contribution in [3.63, 3.8) is 0 Å². The summed E-state index contributed by atoms with van der Waals surface area (Å²) in [6, 6.07) is 16.9. The fourth-order valence-corrected chi connectivity index (χ4v) is 3.21. The van der Waals surface area contributed by atoms with E-state index in [1.54, 1.807) is 17.0 Å². The lowest BCUT2D eigenvalue weighted by atomic mass is 10.1. The predicted octanol–water partition coefficient (Wildman–Crippen LogP) is 3.16. The Hall–Kier alpha value is -2.92. The van der Waals surface area contributed by atoms with Gasteiger partial charge >= 0.3 is 12.1 Å². The first kappa shape index (κ1) is 26.3. The standard InChI is InChI=1S/C20H22BrN3O2.C2HF3O2/c21-18-8-6-16(7-9-18)14-24(20(26)17-4-2-1-3-5-17)15-19(25)23-12-10-22-11-13-23;3-2(4,5)1(6)7/h1-9,22H,10-15H2;(H,6,7). The molecule has 2 amide bonds. The van der Waals surface area contributed by atoms with E-state index >= 15 is 0 Å². The first-order valence-corrected chi connectivity index (χ1v) is 10.7. The van der Waals surface area contributed by atoms with Crippen LogP contribution >= 0.6 is 15.9 Å². The van der Waals surface area contributed by atoms with Gasteiger partial charge in [0.1, 0.15) is 6.54 Å². The number of nitrogens with zero attached hydrogens (tertiary/aromatic N) is 2. The van der Waals surface area contributed by atoms with Crippen LogP contribution in [0, 0.1) is 0 Å². The van der Waals surface area contributed by atoms with Crippen molar-refractivity contribution < 1.29 is 32.7 Å². The van der Waals surface area contributed by atoms with Gasteiger partial charge in [-0.2, -0.15) is 13.2 Å². The molecule has 0 radical (unpaired) electrons. The highest BCUT2D eigenvalue weighted by atomic mass is 79.9. The highest BCUT2D eigenvalue weighted by Gasteiger charge is 2.38. The molecular formula is C22H23BrF3N3O4. The normalized spacial score (nSPS) is 13.5. The number of amides is 2. The van der Waals surface area contributed by atoms with E-state index in [9.17, 15) is 22.8 Å². The molecule has 1 fully saturated rings. The number of carboxylic acids is 1. The minimum atomic E-state index is -5.08. The van der Waals surface area contributed by atoms with Crippen LogP contribution in [0.15, 0.2) is 59.1 Å². The van der Waals surface area contributed by atoms with Gasteiger partial charge in [-0.3, -0.25) is 9.59 Å². The smallest absolute Gasteiger partial charge is 0.475 e. The summed E-state index contributed by atoms with van der Waals surface area (Å²) < 4.78 is 32.7. The first-order chi connectivity index (χ1) is 15.6. The predicted molar refractivity (Wildman–Crippen MR) is 118 cm³/mol. The SMILES string of the molecule is O=C(CN(Cc1ccc(Br)cc1)C(=O)c1ccccc1)N1CCNCC1.O=C(O)C(F)(F)F. The molecule has 1 heterocycles. The molecule has 2 aromatic rings. The van der Waals surface area contributed by atoms with Crippen molar-refractivity contribution in [1.82, 2.24) is 15.1 Å². The molecule has 178 valence electrons. The number of aliphatic carboxylic acids is 1. The van der Waals surface area contributed by atoms with Crippen LogP contribution in [0.25, 0.3) is 0 Å². The zero-order valence-electron chi connectivity index (χ0n) is 17.5. The molecular weight excluding hydrogens is 507 g/mol. The van der Waals surface area contributed by atoms with E-state index in [0.717, 1.165) is 23.1 Å². The molecule has 1 aliphatic heterocycles. The fourth-order valence-electron chi connectivity index (χ4n) is 2.95. The zero-order valence-corrected chi connectivity index (χ0v) is 19.1. The van der Waals surface area contributed by atoms with Gasteiger partial charge in [0, 0.05) is 42.8 Å². The summed E-state index contributed by atoms with van der Waals surface area (Å²) in [7, 11) is 0. The molecule has 0 aromatic heterocycles. The number of hydrogen-bond acceptors (Lipinski definition) is 4. The van der Waals surface area contributed by atoms with Crippen molar-refractivity contribution >= 4 is 33.7 Å². The number of rotatable bonds is 5. The second-order valence-corrected chi connectivity index (χ2v) is 8.00. The fraction of sp³-hybridized carbons (Fsp3) is 0.318. The zero-order chi connectivity index (χ0) is 24.4. The molecule has 2 aromatic carbocycles. The van der Waals surface area contributed by atoms with Gasteiger partial charge < -0.3 is 20.2 Å². The summed E-state index contributed by atoms with van der Waals surface area (Å²) in [6.45, 7) is 3.45. The van der Waals surface area contributed by atoms with Crippen LogP contribution < -0.4 is 5.32 Å². The van der Waals surface area contributed by atoms with Crippen molar-refractivity contribution in [3.8, 4) is 0 Å². The van der Waals surface area contributed by atoms with Gasteiger partial charge in [0.2, 0.25) is 5.91 Å². The number of hydrogen-bond donors (Lipinski definition) is 2. The molecule has 2 N–H and O–H groups in total. The maximum Gasteiger partial charge on any atom is 0.490 e. The van der Waals surface area contributed by atoms with Crippen LogP contribution in [0.2, 0.25) is 0 Å². The third kappa shape index (κ3) is 8.85. The summed E-state index contributed by atoms with van der Waals surface area (Å²) >= 11 is 3.42. The summed E-state index contributed by atoms with van der Waals surface area (Å²) in [5.41, 5.74) is 1.59. The Balaban J connectivity index is 0.000000479. The number of carbonyl (C=O) groups is 3. The van der Waals surface area contributed by atoms with Crippen molar-refractivity contribution in [3.05, 3.63) is 70.2 Å². The minimum absolute atomic E-state index is 0.00658. The van der Waals surface area contributed by atoms with Crippen molar-refractivity contribution in [1.29, 1.82) is 0 Å². The quantitative estimate of drug-likeness (QED) is 0.620. The average molecular weight is 530 g/mol. The molecule has 0 spiro atoms. The Morgan fingerprint density at radius 3 is 2.06 bits per heavy atom. The number of piperazine rings is 1. The van der Waals surface area contributed by atoms with Crippen LogP contribution in [0.1, 0.15) is 15.9 Å². The molecule has 0 unspecified atom stereocenters. The largest absolute Gasteiger partial charge is 0.490 e. The molecule has 0 saturated carbocycles. The summed E-state index contributed by atoms with van der Waals surface area (Å²) in [5.74, 6) is -2.89. The molecule has 1 saturated heterocycles. The van der Waals surface area contributed by atoms with E-state index in [2.05, 4.69) is 21.2 Å². The molecule has 11 heteroatoms. The number of carbonyl (C=O) groups excluding carboxylic acids is 2. The molecule has 33 heavy (non-hydrogen) atoms. The van der Waals surface area contributed by atoms with Gasteiger partial charge in [0.05, 0.1) is 0 Å². The Kier molecular flexibility index (Phi) is 9.86. The van der Waals surface area contributed by atoms with Crippen LogP contribution in [0.4, 0.5) is 13.2 Å². The second-order valence-electron chi connectivity index (χ2n) is 7.09. The van der Waals surface area contributed by atoms with E-state index in [-0.39, 0.29) is 18.4 Å². The lowest BCUT2D eigenvalue weighted by Crippen LogP contribution is -2.50. The van der Waals surface area contributed by atoms with E-state index in [1.807, 2.05) is 47.4 Å². The first-order valence-electron chi connectivity index (χ1n) is 9.95. The Bertz CT molecular complexity index is 934. The maximum absolute atomic E-state index is 13.0. The number of alkyl halides is 3. The van der Waals surface area contributed by atoms with Crippen LogP contribution in [-0.4, -0.2) is 71.6 Å².